The smallest absolute Gasteiger partial charge is 0.372 e. The van der Waals surface area contributed by atoms with Crippen LogP contribution in [-0.4, -0.2) is 18.5 Å². The summed E-state index contributed by atoms with van der Waals surface area (Å²) in [6.07, 6.45) is 12.9. The second-order valence-electron chi connectivity index (χ2n) is 5.78. The number of rotatable bonds is 12. The van der Waals surface area contributed by atoms with Gasteiger partial charge < -0.3 is 15.3 Å². The van der Waals surface area contributed by atoms with Crippen LogP contribution in [-0.2, 0) is 16.1 Å². The lowest BCUT2D eigenvalue weighted by Crippen LogP contribution is -2.38. The van der Waals surface area contributed by atoms with Crippen molar-refractivity contribution in [3.8, 4) is 0 Å². The van der Waals surface area contributed by atoms with Crippen molar-refractivity contribution in [2.24, 2.45) is 0 Å². The van der Waals surface area contributed by atoms with Crippen molar-refractivity contribution in [2.45, 2.75) is 64.8 Å². The summed E-state index contributed by atoms with van der Waals surface area (Å²) in [5.74, 6) is -1.00. The normalized spacial score (nSPS) is 10.0. The van der Waals surface area contributed by atoms with E-state index in [2.05, 4.69) is 6.92 Å². The predicted molar refractivity (Wildman–Crippen MR) is 94.3 cm³/mol. The maximum Gasteiger partial charge on any atom is 0.372 e. The number of nitrogens with zero attached hydrogens (tertiary/aromatic N) is 1. The molecule has 1 heterocycles. The third-order valence-electron chi connectivity index (χ3n) is 3.73. The Morgan fingerprint density at radius 3 is 2.17 bits per heavy atom. The number of nitrogens with one attached hydrogen (secondary N) is 1. The van der Waals surface area contributed by atoms with Crippen molar-refractivity contribution in [3.63, 3.8) is 0 Å². The van der Waals surface area contributed by atoms with E-state index in [-0.39, 0.29) is 24.9 Å². The molecule has 1 aromatic heterocycles. The van der Waals surface area contributed by atoms with Gasteiger partial charge in [-0.15, -0.1) is 12.4 Å². The molecule has 0 aromatic carbocycles. The van der Waals surface area contributed by atoms with Crippen LogP contribution < -0.4 is 9.67 Å². The minimum Gasteiger partial charge on any atom is -0.859 e. The SMILES string of the molecule is CCCCCCCCCCOC(=O)C[n+]1ccc(C(=N)[O-])cc1.Cl. The average Bonchev–Trinajstić information content (AvgIpc) is 2.54. The predicted octanol–water partition coefficient (Wildman–Crippen LogP) is 2.77. The quantitative estimate of drug-likeness (QED) is 0.206. The molecule has 0 spiro atoms. The molecule has 0 fully saturated rings. The van der Waals surface area contributed by atoms with Gasteiger partial charge in [0.25, 0.3) is 0 Å². The maximum absolute atomic E-state index is 11.7. The van der Waals surface area contributed by atoms with E-state index in [0.717, 1.165) is 12.8 Å². The zero-order valence-electron chi connectivity index (χ0n) is 14.5. The third kappa shape index (κ3) is 10.2. The molecule has 0 bridgehead atoms. The Kier molecular flexibility index (Phi) is 12.9. The van der Waals surface area contributed by atoms with Crippen LogP contribution in [0.1, 0.15) is 63.9 Å². The topological polar surface area (TPSA) is 77.1 Å². The molecule has 0 radical (unpaired) electrons. The van der Waals surface area contributed by atoms with Crippen molar-refractivity contribution in [1.29, 1.82) is 5.41 Å². The summed E-state index contributed by atoms with van der Waals surface area (Å²) in [4.78, 5) is 11.7. The van der Waals surface area contributed by atoms with Gasteiger partial charge in [-0.1, -0.05) is 51.9 Å². The van der Waals surface area contributed by atoms with Crippen molar-refractivity contribution in [3.05, 3.63) is 30.1 Å². The van der Waals surface area contributed by atoms with E-state index in [9.17, 15) is 9.90 Å². The lowest BCUT2D eigenvalue weighted by atomic mass is 10.1. The van der Waals surface area contributed by atoms with Crippen LogP contribution in [0.2, 0.25) is 0 Å². The molecule has 1 rings (SSSR count). The molecule has 24 heavy (non-hydrogen) atoms. The summed E-state index contributed by atoms with van der Waals surface area (Å²) >= 11 is 0. The molecule has 1 N–H and O–H groups in total. The molecule has 1 aromatic rings. The molecule has 136 valence electrons. The zero-order chi connectivity index (χ0) is 16.9. The Hall–Kier alpha value is -1.62. The lowest BCUT2D eigenvalue weighted by molar-refractivity contribution is -0.686. The summed E-state index contributed by atoms with van der Waals surface area (Å²) in [7, 11) is 0. The molecule has 0 aliphatic rings. The van der Waals surface area contributed by atoms with Crippen molar-refractivity contribution in [2.75, 3.05) is 6.61 Å². The number of carbonyl (C=O) groups excluding carboxylic acids is 1. The highest BCUT2D eigenvalue weighted by Crippen LogP contribution is 2.08. The first-order valence-electron chi connectivity index (χ1n) is 8.54. The highest BCUT2D eigenvalue weighted by molar-refractivity contribution is 5.87. The van der Waals surface area contributed by atoms with E-state index < -0.39 is 5.90 Å². The summed E-state index contributed by atoms with van der Waals surface area (Å²) < 4.78 is 6.85. The number of halogens is 1. The van der Waals surface area contributed by atoms with Gasteiger partial charge in [-0.2, -0.15) is 4.57 Å². The van der Waals surface area contributed by atoms with E-state index >= 15 is 0 Å². The monoisotopic (exact) mass is 356 g/mol. The molecule has 0 atom stereocenters. The van der Waals surface area contributed by atoms with Crippen molar-refractivity contribution >= 4 is 24.3 Å². The van der Waals surface area contributed by atoms with Crippen molar-refractivity contribution < 1.29 is 19.2 Å². The number of esters is 1. The molecule has 0 saturated carbocycles. The molecule has 0 aliphatic carbocycles. The Balaban J connectivity index is 0.00000529. The number of hydrogen-bond acceptors (Lipinski definition) is 4. The van der Waals surface area contributed by atoms with Gasteiger partial charge in [-0.25, -0.2) is 4.79 Å². The lowest BCUT2D eigenvalue weighted by Gasteiger charge is -2.06. The molecular weight excluding hydrogens is 328 g/mol. The van der Waals surface area contributed by atoms with Crippen LogP contribution >= 0.6 is 12.4 Å². The number of aromatic nitrogens is 1. The van der Waals surface area contributed by atoms with Crippen LogP contribution in [0.4, 0.5) is 0 Å². The minimum atomic E-state index is -0.727. The van der Waals surface area contributed by atoms with Gasteiger partial charge >= 0.3 is 5.97 Å². The first-order valence-corrected chi connectivity index (χ1v) is 8.54. The highest BCUT2D eigenvalue weighted by Gasteiger charge is 2.10. The summed E-state index contributed by atoms with van der Waals surface area (Å²) in [5, 5.41) is 17.8. The molecule has 0 saturated heterocycles. The van der Waals surface area contributed by atoms with Crippen LogP contribution in [0.15, 0.2) is 24.5 Å². The Morgan fingerprint density at radius 1 is 1.08 bits per heavy atom. The van der Waals surface area contributed by atoms with E-state index in [0.29, 0.717) is 12.2 Å². The van der Waals surface area contributed by atoms with E-state index in [1.54, 1.807) is 17.0 Å². The molecular formula is C18H29ClN2O3. The van der Waals surface area contributed by atoms with Gasteiger partial charge in [0.1, 0.15) is 0 Å². The summed E-state index contributed by atoms with van der Waals surface area (Å²) in [6, 6.07) is 3.06. The zero-order valence-corrected chi connectivity index (χ0v) is 15.3. The number of ether oxygens (including phenoxy) is 1. The summed E-state index contributed by atoms with van der Waals surface area (Å²) in [6.45, 7) is 2.82. The van der Waals surface area contributed by atoms with Gasteiger partial charge in [-0.3, -0.25) is 0 Å². The average molecular weight is 357 g/mol. The molecule has 0 aliphatic heterocycles. The van der Waals surface area contributed by atoms with E-state index in [1.807, 2.05) is 0 Å². The van der Waals surface area contributed by atoms with Gasteiger partial charge in [0.2, 0.25) is 6.54 Å². The second kappa shape index (κ2) is 13.8. The molecule has 6 heteroatoms. The van der Waals surface area contributed by atoms with Gasteiger partial charge in [0, 0.05) is 12.1 Å². The van der Waals surface area contributed by atoms with Crippen LogP contribution in [0.25, 0.3) is 0 Å². The number of carbonyl (C=O) groups is 1. The Morgan fingerprint density at radius 2 is 1.62 bits per heavy atom. The second-order valence-corrected chi connectivity index (χ2v) is 5.78. The third-order valence-corrected chi connectivity index (χ3v) is 3.73. The summed E-state index contributed by atoms with van der Waals surface area (Å²) in [5.41, 5.74) is 0.313. The van der Waals surface area contributed by atoms with Gasteiger partial charge in [-0.05, 0) is 17.9 Å². The fraction of sp³-hybridized carbons (Fsp3) is 0.611. The highest BCUT2D eigenvalue weighted by atomic mass is 35.5. The van der Waals surface area contributed by atoms with E-state index in [4.69, 9.17) is 10.1 Å². The maximum atomic E-state index is 11.7. The Labute approximate surface area is 151 Å². The molecule has 0 amide bonds. The van der Waals surface area contributed by atoms with Gasteiger partial charge in [0.15, 0.2) is 12.4 Å². The van der Waals surface area contributed by atoms with E-state index in [1.165, 1.54) is 50.7 Å². The minimum absolute atomic E-state index is 0. The van der Waals surface area contributed by atoms with Crippen LogP contribution in [0.5, 0.6) is 0 Å². The van der Waals surface area contributed by atoms with Gasteiger partial charge in [0.05, 0.1) is 6.61 Å². The first kappa shape index (κ1) is 22.4. The first-order chi connectivity index (χ1) is 11.1. The number of pyridine rings is 1. The fourth-order valence-corrected chi connectivity index (χ4v) is 2.33. The van der Waals surface area contributed by atoms with Crippen LogP contribution in [0.3, 0.4) is 0 Å². The molecule has 5 nitrogen and oxygen atoms in total. The number of hydrogen-bond donors (Lipinski definition) is 1. The number of unbranched alkanes of at least 4 members (excludes halogenated alkanes) is 7. The fourth-order valence-electron chi connectivity index (χ4n) is 2.33. The largest absolute Gasteiger partial charge is 0.859 e. The van der Waals surface area contributed by atoms with Crippen LogP contribution in [0, 0.1) is 5.41 Å². The van der Waals surface area contributed by atoms with Crippen molar-refractivity contribution in [1.82, 2.24) is 0 Å². The molecule has 0 unspecified atom stereocenters. The standard InChI is InChI=1S/C18H28N2O3.ClH/c1-2-3-4-5-6-7-8-9-14-23-17(21)15-20-12-10-16(11-13-20)18(19)22;/h10-13H,2-9,14-15H2,1H3,(H-,19,22);1H. The Bertz CT molecular complexity index is 478.